The number of nitrogens with two attached hydrogens (primary N) is 1. The number of rotatable bonds is 9. The van der Waals surface area contributed by atoms with Gasteiger partial charge in [-0.1, -0.05) is 55.9 Å². The van der Waals surface area contributed by atoms with Crippen LogP contribution in [0, 0.1) is 17.4 Å². The Hall–Kier alpha value is -3.08. The van der Waals surface area contributed by atoms with Gasteiger partial charge in [-0.25, -0.2) is 15.1 Å². The summed E-state index contributed by atoms with van der Waals surface area (Å²) in [6.07, 6.45) is 3.65. The molecule has 10 nitrogen and oxygen atoms in total. The van der Waals surface area contributed by atoms with Crippen LogP contribution in [-0.4, -0.2) is 54.8 Å². The molecule has 12 heteroatoms. The van der Waals surface area contributed by atoms with Crippen LogP contribution in [0.2, 0.25) is 19.6 Å². The average molecular weight is 557 g/mol. The van der Waals surface area contributed by atoms with Crippen molar-refractivity contribution in [1.82, 2.24) is 14.5 Å². The maximum Gasteiger partial charge on any atom is 0.333 e. The summed E-state index contributed by atoms with van der Waals surface area (Å²) in [5.74, 6) is 1.86. The SMILES string of the molecule is C[Si](C)(C)C#Cc1cn([C@H]2C[C@@H](CC(=O)O)[C@H](COS(N)(=O)=O)O2)c2ncnc(CCc3ccccc3)c12. The van der Waals surface area contributed by atoms with Crippen LogP contribution in [-0.2, 0) is 36.9 Å². The summed E-state index contributed by atoms with van der Waals surface area (Å²) in [4.78, 5) is 20.6. The Labute approximate surface area is 223 Å². The van der Waals surface area contributed by atoms with E-state index in [1.807, 2.05) is 29.0 Å². The molecule has 4 rings (SSSR count). The molecule has 0 radical (unpaired) electrons. The molecule has 2 aromatic heterocycles. The lowest BCUT2D eigenvalue weighted by Gasteiger charge is -2.17. The van der Waals surface area contributed by atoms with Crippen molar-refractivity contribution in [2.75, 3.05) is 6.61 Å². The van der Waals surface area contributed by atoms with Crippen molar-refractivity contribution < 1.29 is 27.2 Å². The Balaban J connectivity index is 1.72. The first-order valence-corrected chi connectivity index (χ1v) is 17.3. The molecule has 3 heterocycles. The van der Waals surface area contributed by atoms with Gasteiger partial charge < -0.3 is 14.4 Å². The Morgan fingerprint density at radius 1 is 1.24 bits per heavy atom. The van der Waals surface area contributed by atoms with Crippen LogP contribution in [0.4, 0.5) is 0 Å². The number of carbonyl (C=O) groups is 1. The second kappa shape index (κ2) is 11.3. The summed E-state index contributed by atoms with van der Waals surface area (Å²) in [6, 6.07) is 10.2. The van der Waals surface area contributed by atoms with Gasteiger partial charge in [-0.3, -0.25) is 8.98 Å². The van der Waals surface area contributed by atoms with E-state index >= 15 is 0 Å². The van der Waals surface area contributed by atoms with Gasteiger partial charge in [-0.2, -0.15) is 8.42 Å². The van der Waals surface area contributed by atoms with Crippen molar-refractivity contribution >= 4 is 35.4 Å². The molecule has 0 aliphatic carbocycles. The molecule has 0 spiro atoms. The fourth-order valence-corrected chi connectivity index (χ4v) is 5.38. The van der Waals surface area contributed by atoms with E-state index in [0.717, 1.165) is 23.1 Å². The molecule has 0 saturated carbocycles. The van der Waals surface area contributed by atoms with Crippen molar-refractivity contribution in [2.24, 2.45) is 11.1 Å². The molecule has 1 fully saturated rings. The van der Waals surface area contributed by atoms with Crippen molar-refractivity contribution in [2.45, 2.75) is 57.7 Å². The highest BCUT2D eigenvalue weighted by Gasteiger charge is 2.39. The molecule has 3 aromatic rings. The number of hydrogen-bond donors (Lipinski definition) is 2. The number of fused-ring (bicyclic) bond motifs is 1. The summed E-state index contributed by atoms with van der Waals surface area (Å²) in [5.41, 5.74) is 6.90. The number of ether oxygens (including phenoxy) is 1. The maximum absolute atomic E-state index is 11.5. The molecular formula is C26H32N4O6SSi. The maximum atomic E-state index is 11.5. The number of nitrogens with zero attached hydrogens (tertiary/aromatic N) is 3. The summed E-state index contributed by atoms with van der Waals surface area (Å²) >= 11 is 0. The number of hydrogen-bond acceptors (Lipinski definition) is 7. The fraction of sp³-hybridized carbons (Fsp3) is 0.423. The van der Waals surface area contributed by atoms with Gasteiger partial charge in [0.2, 0.25) is 0 Å². The van der Waals surface area contributed by atoms with Gasteiger partial charge in [-0.15, -0.1) is 5.54 Å². The van der Waals surface area contributed by atoms with Gasteiger partial charge in [0.25, 0.3) is 0 Å². The van der Waals surface area contributed by atoms with Crippen LogP contribution < -0.4 is 5.14 Å². The van der Waals surface area contributed by atoms with E-state index in [1.165, 1.54) is 11.9 Å². The van der Waals surface area contributed by atoms with Gasteiger partial charge in [0, 0.05) is 12.1 Å². The third-order valence-electron chi connectivity index (χ3n) is 6.26. The molecule has 202 valence electrons. The molecule has 3 atom stereocenters. The molecule has 1 aliphatic rings. The first-order chi connectivity index (χ1) is 17.9. The lowest BCUT2D eigenvalue weighted by molar-refractivity contribution is -0.138. The number of aliphatic carboxylic acids is 1. The second-order valence-corrected chi connectivity index (χ2v) is 16.4. The quantitative estimate of drug-likeness (QED) is 0.302. The smallest absolute Gasteiger partial charge is 0.333 e. The van der Waals surface area contributed by atoms with Crippen molar-refractivity contribution in [3.05, 3.63) is 59.7 Å². The first kappa shape index (κ1) is 27.9. The molecule has 38 heavy (non-hydrogen) atoms. The molecule has 0 unspecified atom stereocenters. The second-order valence-electron chi connectivity index (χ2n) is 10.5. The van der Waals surface area contributed by atoms with Gasteiger partial charge in [0.15, 0.2) is 0 Å². The van der Waals surface area contributed by atoms with Crippen LogP contribution in [0.1, 0.15) is 35.9 Å². The van der Waals surface area contributed by atoms with Crippen LogP contribution in [0.25, 0.3) is 11.0 Å². The molecule has 1 aromatic carbocycles. The highest BCUT2D eigenvalue weighted by Crippen LogP contribution is 2.38. The third-order valence-corrected chi connectivity index (χ3v) is 7.60. The number of benzene rings is 1. The largest absolute Gasteiger partial charge is 0.481 e. The molecular weight excluding hydrogens is 524 g/mol. The number of aromatic nitrogens is 3. The number of aryl methyl sites for hydroxylation is 2. The minimum absolute atomic E-state index is 0.200. The normalized spacial score (nSPS) is 19.8. The van der Waals surface area contributed by atoms with E-state index in [9.17, 15) is 18.3 Å². The summed E-state index contributed by atoms with van der Waals surface area (Å²) in [7, 11) is -5.90. The van der Waals surface area contributed by atoms with Gasteiger partial charge >= 0.3 is 16.3 Å². The monoisotopic (exact) mass is 556 g/mol. The van der Waals surface area contributed by atoms with E-state index in [1.54, 1.807) is 0 Å². The van der Waals surface area contributed by atoms with Crippen molar-refractivity contribution in [3.8, 4) is 11.5 Å². The van der Waals surface area contributed by atoms with Gasteiger partial charge in [0.1, 0.15) is 26.3 Å². The number of carboxylic acid groups (broad SMARTS) is 1. The molecule has 3 N–H and O–H groups in total. The van der Waals surface area contributed by atoms with E-state index in [2.05, 4.69) is 53.2 Å². The molecule has 0 bridgehead atoms. The average Bonchev–Trinajstić information content (AvgIpc) is 3.41. The van der Waals surface area contributed by atoms with Gasteiger partial charge in [-0.05, 0) is 24.8 Å². The Bertz CT molecular complexity index is 1470. The molecule has 1 aliphatic heterocycles. The van der Waals surface area contributed by atoms with E-state index in [-0.39, 0.29) is 13.0 Å². The van der Waals surface area contributed by atoms with E-state index < -0.39 is 42.6 Å². The predicted octanol–water partition coefficient (Wildman–Crippen LogP) is 3.04. The van der Waals surface area contributed by atoms with E-state index in [4.69, 9.17) is 14.1 Å². The summed E-state index contributed by atoms with van der Waals surface area (Å²) in [6.45, 7) is 6.13. The Kier molecular flexibility index (Phi) is 8.34. The Morgan fingerprint density at radius 3 is 2.63 bits per heavy atom. The standard InChI is InChI=1S/C26H32N4O6SSi/c1-38(2,3)12-11-19-15-30(23-13-20(14-24(31)32)22(36-23)16-35-37(27,33)34)26-25(19)21(28-17-29-26)10-9-18-7-5-4-6-8-18/h4-8,15,17,20,22-23H,9-10,13-14,16H2,1-3H3,(H,31,32)(H2,27,33,34)/t20-,22-,23+/m0/s1. The van der Waals surface area contributed by atoms with Crippen molar-refractivity contribution in [1.29, 1.82) is 0 Å². The molecule has 1 saturated heterocycles. The number of carboxylic acids is 1. The molecule has 0 amide bonds. The van der Waals surface area contributed by atoms with Gasteiger partial charge in [0.05, 0.1) is 35.8 Å². The van der Waals surface area contributed by atoms with E-state index in [0.29, 0.717) is 18.5 Å². The Morgan fingerprint density at radius 2 is 1.97 bits per heavy atom. The lowest BCUT2D eigenvalue weighted by Crippen LogP contribution is -2.28. The van der Waals surface area contributed by atoms with Crippen LogP contribution in [0.5, 0.6) is 0 Å². The van der Waals surface area contributed by atoms with Crippen LogP contribution in [0.15, 0.2) is 42.9 Å². The minimum atomic E-state index is -4.20. The third kappa shape index (κ3) is 7.27. The highest BCUT2D eigenvalue weighted by atomic mass is 32.2. The minimum Gasteiger partial charge on any atom is -0.481 e. The topological polar surface area (TPSA) is 147 Å². The predicted molar refractivity (Wildman–Crippen MR) is 145 cm³/mol. The summed E-state index contributed by atoms with van der Waals surface area (Å²) < 4.78 is 35.4. The van der Waals surface area contributed by atoms with Crippen LogP contribution >= 0.6 is 0 Å². The first-order valence-electron chi connectivity index (χ1n) is 12.4. The zero-order valence-electron chi connectivity index (χ0n) is 21.6. The van der Waals surface area contributed by atoms with Crippen molar-refractivity contribution in [3.63, 3.8) is 0 Å². The fourth-order valence-electron chi connectivity index (χ4n) is 4.55. The zero-order chi connectivity index (χ0) is 27.5. The zero-order valence-corrected chi connectivity index (χ0v) is 23.4. The van der Waals surface area contributed by atoms with Crippen LogP contribution in [0.3, 0.4) is 0 Å². The summed E-state index contributed by atoms with van der Waals surface area (Å²) in [5, 5.41) is 15.2. The lowest BCUT2D eigenvalue weighted by atomic mass is 9.97. The highest BCUT2D eigenvalue weighted by molar-refractivity contribution is 7.84.